The quantitative estimate of drug-likeness (QED) is 0.308. The lowest BCUT2D eigenvalue weighted by atomic mass is 10.2. The van der Waals surface area contributed by atoms with Gasteiger partial charge in [-0.1, -0.05) is 6.92 Å². The van der Waals surface area contributed by atoms with Gasteiger partial charge in [0.05, 0.1) is 0 Å². The molecule has 1 fully saturated rings. The zero-order chi connectivity index (χ0) is 18.9. The summed E-state index contributed by atoms with van der Waals surface area (Å²) < 4.78 is 13.9. The maximum absolute atomic E-state index is 13.9. The number of guanidine groups is 1. The zero-order valence-electron chi connectivity index (χ0n) is 16.2. The van der Waals surface area contributed by atoms with Gasteiger partial charge in [0, 0.05) is 51.4 Å². The average Bonchev–Trinajstić information content (AvgIpc) is 3.09. The van der Waals surface area contributed by atoms with Crippen LogP contribution in [0.1, 0.15) is 33.1 Å². The molecule has 1 aliphatic heterocycles. The molecular formula is C18H30FIN6O. The molecular weight excluding hydrogens is 462 g/mol. The Hall–Kier alpha value is -1.65. The SMILES string of the molecule is CCC(C)NC(=O)CCNC(=NC)NC1CCN(c2ncccc2F)C1.I. The van der Waals surface area contributed by atoms with Gasteiger partial charge in [0.1, 0.15) is 0 Å². The fourth-order valence-corrected chi connectivity index (χ4v) is 2.81. The van der Waals surface area contributed by atoms with Gasteiger partial charge in [0.2, 0.25) is 5.91 Å². The van der Waals surface area contributed by atoms with Crippen LogP contribution in [0.15, 0.2) is 23.3 Å². The lowest BCUT2D eigenvalue weighted by Crippen LogP contribution is -2.45. The molecule has 27 heavy (non-hydrogen) atoms. The van der Waals surface area contributed by atoms with Crippen LogP contribution in [-0.2, 0) is 4.79 Å². The molecule has 152 valence electrons. The summed E-state index contributed by atoms with van der Waals surface area (Å²) in [4.78, 5) is 22.1. The standard InChI is InChI=1S/C18H29FN6O.HI/c1-4-13(2)23-16(26)7-10-22-18(20-3)24-14-8-11-25(12-14)17-15(19)6-5-9-21-17;/h5-6,9,13-14H,4,7-8,10-12H2,1-3H3,(H,23,26)(H2,20,22,24);1H. The third-order valence-electron chi connectivity index (χ3n) is 4.46. The molecule has 2 unspecified atom stereocenters. The Kier molecular flexibility index (Phi) is 10.3. The van der Waals surface area contributed by atoms with Crippen LogP contribution in [0.2, 0.25) is 0 Å². The summed E-state index contributed by atoms with van der Waals surface area (Å²) >= 11 is 0. The van der Waals surface area contributed by atoms with E-state index in [0.717, 1.165) is 19.4 Å². The Labute approximate surface area is 177 Å². The molecule has 1 aromatic heterocycles. The van der Waals surface area contributed by atoms with E-state index in [9.17, 15) is 9.18 Å². The first kappa shape index (κ1) is 23.4. The smallest absolute Gasteiger partial charge is 0.221 e. The summed E-state index contributed by atoms with van der Waals surface area (Å²) in [6, 6.07) is 3.36. The summed E-state index contributed by atoms with van der Waals surface area (Å²) in [5.41, 5.74) is 0. The number of aromatic nitrogens is 1. The summed E-state index contributed by atoms with van der Waals surface area (Å²) in [7, 11) is 1.69. The summed E-state index contributed by atoms with van der Waals surface area (Å²) in [6.07, 6.45) is 3.77. The number of halogens is 2. The topological polar surface area (TPSA) is 81.6 Å². The number of carbonyl (C=O) groups excluding carboxylic acids is 1. The number of carbonyl (C=O) groups is 1. The molecule has 3 N–H and O–H groups in total. The van der Waals surface area contributed by atoms with Crippen molar-refractivity contribution in [3.63, 3.8) is 0 Å². The lowest BCUT2D eigenvalue weighted by molar-refractivity contribution is -0.121. The number of rotatable bonds is 7. The van der Waals surface area contributed by atoms with E-state index in [1.54, 1.807) is 19.3 Å². The van der Waals surface area contributed by atoms with Gasteiger partial charge >= 0.3 is 0 Å². The molecule has 1 aliphatic rings. The van der Waals surface area contributed by atoms with Gasteiger partial charge in [0.25, 0.3) is 0 Å². The fraction of sp³-hybridized carbons (Fsp3) is 0.611. The van der Waals surface area contributed by atoms with E-state index >= 15 is 0 Å². The van der Waals surface area contributed by atoms with E-state index < -0.39 is 0 Å². The Morgan fingerprint density at radius 3 is 2.96 bits per heavy atom. The number of aliphatic imine (C=N–C) groups is 1. The van der Waals surface area contributed by atoms with Gasteiger partial charge < -0.3 is 20.9 Å². The van der Waals surface area contributed by atoms with Crippen molar-refractivity contribution < 1.29 is 9.18 Å². The highest BCUT2D eigenvalue weighted by Gasteiger charge is 2.25. The second-order valence-corrected chi connectivity index (χ2v) is 6.51. The molecule has 0 spiro atoms. The van der Waals surface area contributed by atoms with Crippen molar-refractivity contribution in [2.45, 2.75) is 45.2 Å². The van der Waals surface area contributed by atoms with Gasteiger partial charge in [-0.25, -0.2) is 9.37 Å². The van der Waals surface area contributed by atoms with Gasteiger partial charge in [-0.05, 0) is 31.9 Å². The van der Waals surface area contributed by atoms with E-state index in [4.69, 9.17) is 0 Å². The number of nitrogens with zero attached hydrogens (tertiary/aromatic N) is 3. The van der Waals surface area contributed by atoms with Gasteiger partial charge in [-0.2, -0.15) is 0 Å². The summed E-state index contributed by atoms with van der Waals surface area (Å²) in [5.74, 6) is 0.763. The van der Waals surface area contributed by atoms with Crippen molar-refractivity contribution in [1.29, 1.82) is 0 Å². The Balaban J connectivity index is 0.00000364. The van der Waals surface area contributed by atoms with Crippen LogP contribution in [0, 0.1) is 5.82 Å². The van der Waals surface area contributed by atoms with Crippen molar-refractivity contribution in [3.8, 4) is 0 Å². The molecule has 0 radical (unpaired) electrons. The minimum atomic E-state index is -0.303. The molecule has 0 bridgehead atoms. The highest BCUT2D eigenvalue weighted by Crippen LogP contribution is 2.20. The summed E-state index contributed by atoms with van der Waals surface area (Å²) in [5, 5.41) is 9.42. The number of hydrogen-bond donors (Lipinski definition) is 3. The third-order valence-corrected chi connectivity index (χ3v) is 4.46. The van der Waals surface area contributed by atoms with Gasteiger partial charge in [0.15, 0.2) is 17.6 Å². The van der Waals surface area contributed by atoms with E-state index in [-0.39, 0.29) is 47.8 Å². The molecule has 0 aromatic carbocycles. The maximum Gasteiger partial charge on any atom is 0.221 e. The fourth-order valence-electron chi connectivity index (χ4n) is 2.81. The highest BCUT2D eigenvalue weighted by atomic mass is 127. The number of amides is 1. The van der Waals surface area contributed by atoms with Crippen LogP contribution in [-0.4, -0.2) is 55.6 Å². The first-order valence-corrected chi connectivity index (χ1v) is 9.15. The monoisotopic (exact) mass is 492 g/mol. The van der Waals surface area contributed by atoms with Gasteiger partial charge in [-0.3, -0.25) is 9.79 Å². The summed E-state index contributed by atoms with van der Waals surface area (Å²) in [6.45, 7) is 5.93. The Morgan fingerprint density at radius 1 is 1.52 bits per heavy atom. The van der Waals surface area contributed by atoms with Crippen LogP contribution >= 0.6 is 24.0 Å². The first-order chi connectivity index (χ1) is 12.5. The van der Waals surface area contributed by atoms with Crippen molar-refractivity contribution in [2.24, 2.45) is 4.99 Å². The van der Waals surface area contributed by atoms with Crippen molar-refractivity contribution >= 4 is 41.7 Å². The average molecular weight is 492 g/mol. The minimum absolute atomic E-state index is 0. The van der Waals surface area contributed by atoms with E-state index in [0.29, 0.717) is 31.3 Å². The molecule has 2 atom stereocenters. The Bertz CT molecular complexity index is 630. The van der Waals surface area contributed by atoms with Crippen molar-refractivity contribution in [1.82, 2.24) is 20.9 Å². The zero-order valence-corrected chi connectivity index (χ0v) is 18.5. The molecule has 1 aromatic rings. The Morgan fingerprint density at radius 2 is 2.30 bits per heavy atom. The van der Waals surface area contributed by atoms with Crippen LogP contribution in [0.5, 0.6) is 0 Å². The molecule has 0 aliphatic carbocycles. The lowest BCUT2D eigenvalue weighted by Gasteiger charge is -2.20. The number of pyridine rings is 1. The van der Waals surface area contributed by atoms with E-state index in [2.05, 4.69) is 25.9 Å². The molecule has 1 saturated heterocycles. The van der Waals surface area contributed by atoms with Crippen LogP contribution in [0.4, 0.5) is 10.2 Å². The predicted octanol–water partition coefficient (Wildman–Crippen LogP) is 1.89. The minimum Gasteiger partial charge on any atom is -0.356 e. The van der Waals surface area contributed by atoms with E-state index in [1.807, 2.05) is 18.7 Å². The van der Waals surface area contributed by atoms with Crippen LogP contribution in [0.25, 0.3) is 0 Å². The first-order valence-electron chi connectivity index (χ1n) is 9.15. The molecule has 9 heteroatoms. The number of anilines is 1. The number of hydrogen-bond acceptors (Lipinski definition) is 4. The van der Waals surface area contributed by atoms with Gasteiger partial charge in [-0.15, -0.1) is 24.0 Å². The second kappa shape index (κ2) is 11.9. The highest BCUT2D eigenvalue weighted by molar-refractivity contribution is 14.0. The molecule has 2 heterocycles. The third kappa shape index (κ3) is 7.47. The number of nitrogens with one attached hydrogen (secondary N) is 3. The van der Waals surface area contributed by atoms with E-state index in [1.165, 1.54) is 6.07 Å². The van der Waals surface area contributed by atoms with Crippen molar-refractivity contribution in [3.05, 3.63) is 24.1 Å². The van der Waals surface area contributed by atoms with Crippen LogP contribution < -0.4 is 20.9 Å². The molecule has 1 amide bonds. The normalized spacial score (nSPS) is 17.9. The largest absolute Gasteiger partial charge is 0.356 e. The second-order valence-electron chi connectivity index (χ2n) is 6.51. The van der Waals surface area contributed by atoms with Crippen molar-refractivity contribution in [2.75, 3.05) is 31.6 Å². The molecule has 0 saturated carbocycles. The maximum atomic E-state index is 13.9. The van der Waals surface area contributed by atoms with Crippen LogP contribution in [0.3, 0.4) is 0 Å². The predicted molar refractivity (Wildman–Crippen MR) is 117 cm³/mol. The molecule has 7 nitrogen and oxygen atoms in total. The molecule has 2 rings (SSSR count).